The highest BCUT2D eigenvalue weighted by Crippen LogP contribution is 2.35. The van der Waals surface area contributed by atoms with Crippen LogP contribution in [-0.4, -0.2) is 22.2 Å². The molecule has 1 heterocycles. The van der Waals surface area contributed by atoms with Gasteiger partial charge in [-0.05, 0) is 35.9 Å². The van der Waals surface area contributed by atoms with Crippen LogP contribution < -0.4 is 10.3 Å². The monoisotopic (exact) mass is 328 g/mol. The molecular formula is C17H13ClN2O3. The second-order valence-corrected chi connectivity index (χ2v) is 5.26. The number of fused-ring (bicyclic) bond motifs is 1. The fourth-order valence-electron chi connectivity index (χ4n) is 2.18. The lowest BCUT2D eigenvalue weighted by molar-refractivity contribution is 0.373. The van der Waals surface area contributed by atoms with Crippen LogP contribution in [0, 0.1) is 0 Å². The van der Waals surface area contributed by atoms with E-state index < -0.39 is 0 Å². The molecule has 0 saturated carbocycles. The van der Waals surface area contributed by atoms with Crippen molar-refractivity contribution in [2.45, 2.75) is 0 Å². The molecule has 0 aliphatic carbocycles. The first-order chi connectivity index (χ1) is 11.1. The summed E-state index contributed by atoms with van der Waals surface area (Å²) in [6.07, 6.45) is 3.27. The molecule has 3 rings (SSSR count). The van der Waals surface area contributed by atoms with Gasteiger partial charge in [-0.3, -0.25) is 4.79 Å². The maximum Gasteiger partial charge on any atom is 0.274 e. The van der Waals surface area contributed by atoms with E-state index in [0.29, 0.717) is 16.6 Å². The van der Waals surface area contributed by atoms with Gasteiger partial charge in [-0.15, -0.1) is 0 Å². The summed E-state index contributed by atoms with van der Waals surface area (Å²) in [6.45, 7) is 0. The predicted octanol–water partition coefficient (Wildman–Crippen LogP) is 3.46. The lowest BCUT2D eigenvalue weighted by Crippen LogP contribution is -2.11. The van der Waals surface area contributed by atoms with Crippen molar-refractivity contribution in [3.8, 4) is 11.5 Å². The molecule has 1 aromatic heterocycles. The fourth-order valence-corrected chi connectivity index (χ4v) is 2.40. The Bertz CT molecular complexity index is 964. The molecule has 5 nitrogen and oxygen atoms in total. The largest absolute Gasteiger partial charge is 0.503 e. The molecule has 2 aromatic carbocycles. The second-order valence-electron chi connectivity index (χ2n) is 4.86. The van der Waals surface area contributed by atoms with E-state index in [2.05, 4.69) is 9.97 Å². The van der Waals surface area contributed by atoms with Crippen molar-refractivity contribution >= 4 is 34.8 Å². The molecule has 0 aliphatic heterocycles. The Labute approximate surface area is 136 Å². The zero-order chi connectivity index (χ0) is 16.4. The summed E-state index contributed by atoms with van der Waals surface area (Å²) >= 11 is 5.94. The molecule has 0 spiro atoms. The summed E-state index contributed by atoms with van der Waals surface area (Å²) in [6, 6.07) is 10.5. The minimum atomic E-state index is -0.281. The number of phenols is 1. The van der Waals surface area contributed by atoms with E-state index in [-0.39, 0.29) is 27.8 Å². The van der Waals surface area contributed by atoms with E-state index in [0.717, 1.165) is 0 Å². The Kier molecular flexibility index (Phi) is 4.04. The lowest BCUT2D eigenvalue weighted by atomic mass is 10.1. The van der Waals surface area contributed by atoms with Crippen LogP contribution in [0.25, 0.3) is 23.2 Å². The van der Waals surface area contributed by atoms with E-state index in [1.807, 2.05) is 18.2 Å². The summed E-state index contributed by atoms with van der Waals surface area (Å²) in [5, 5.41) is 9.89. The van der Waals surface area contributed by atoms with Gasteiger partial charge in [0, 0.05) is 0 Å². The topological polar surface area (TPSA) is 75.2 Å². The third kappa shape index (κ3) is 3.05. The van der Waals surface area contributed by atoms with Gasteiger partial charge in [-0.25, -0.2) is 4.98 Å². The number of H-pyrrole nitrogens is 1. The molecule has 2 N–H and O–H groups in total. The number of rotatable bonds is 3. The van der Waals surface area contributed by atoms with Gasteiger partial charge in [0.2, 0.25) is 0 Å². The van der Waals surface area contributed by atoms with Crippen molar-refractivity contribution < 1.29 is 9.84 Å². The molecule has 6 heteroatoms. The van der Waals surface area contributed by atoms with Crippen LogP contribution >= 0.6 is 11.6 Å². The molecule has 0 fully saturated rings. The molecule has 3 aromatic rings. The van der Waals surface area contributed by atoms with Crippen LogP contribution in [0.15, 0.2) is 41.2 Å². The van der Waals surface area contributed by atoms with E-state index in [9.17, 15) is 9.90 Å². The average Bonchev–Trinajstić information content (AvgIpc) is 2.55. The number of methoxy groups -OCH3 is 1. The minimum absolute atomic E-state index is 0.118. The molecule has 0 radical (unpaired) electrons. The smallest absolute Gasteiger partial charge is 0.274 e. The number of phenolic OH excluding ortho intramolecular Hbond substituents is 1. The number of aromatic hydroxyl groups is 1. The highest BCUT2D eigenvalue weighted by Gasteiger charge is 2.08. The quantitative estimate of drug-likeness (QED) is 0.772. The Morgan fingerprint density at radius 3 is 2.83 bits per heavy atom. The lowest BCUT2D eigenvalue weighted by Gasteiger charge is -2.06. The third-order valence-electron chi connectivity index (χ3n) is 3.33. The number of aromatic amines is 1. The Balaban J connectivity index is 2.02. The number of aromatic nitrogens is 2. The standard InChI is InChI=1S/C17H13ClN2O3/c1-23-15-9-10(8-11(18)16(15)21)6-7-14-17(22)20-13-5-3-2-4-12(13)19-14/h2-9,21H,1H3,(H,20,22)/b7-6+. The Morgan fingerprint density at radius 1 is 1.26 bits per heavy atom. The highest BCUT2D eigenvalue weighted by atomic mass is 35.5. The van der Waals surface area contributed by atoms with Crippen molar-refractivity contribution in [3.05, 3.63) is 63.0 Å². The maximum atomic E-state index is 12.0. The Morgan fingerprint density at radius 2 is 2.04 bits per heavy atom. The SMILES string of the molecule is COc1cc(/C=C/c2nc3ccccc3[nH]c2=O)cc(Cl)c1O. The number of nitrogens with zero attached hydrogens (tertiary/aromatic N) is 1. The summed E-state index contributed by atoms with van der Waals surface area (Å²) < 4.78 is 5.05. The van der Waals surface area contributed by atoms with Gasteiger partial charge in [0.25, 0.3) is 5.56 Å². The number of hydrogen-bond acceptors (Lipinski definition) is 4. The molecule has 116 valence electrons. The van der Waals surface area contributed by atoms with Crippen molar-refractivity contribution in [2.75, 3.05) is 7.11 Å². The molecule has 0 amide bonds. The predicted molar refractivity (Wildman–Crippen MR) is 91.0 cm³/mol. The van der Waals surface area contributed by atoms with Crippen molar-refractivity contribution in [1.29, 1.82) is 0 Å². The normalized spacial score (nSPS) is 11.2. The van der Waals surface area contributed by atoms with E-state index in [1.165, 1.54) is 7.11 Å². The molecule has 0 bridgehead atoms. The first-order valence-corrected chi connectivity index (χ1v) is 7.20. The number of para-hydroxylation sites is 2. The van der Waals surface area contributed by atoms with Crippen LogP contribution in [-0.2, 0) is 0 Å². The number of ether oxygens (including phenoxy) is 1. The minimum Gasteiger partial charge on any atom is -0.503 e. The first kappa shape index (κ1) is 15.1. The average molecular weight is 329 g/mol. The van der Waals surface area contributed by atoms with Gasteiger partial charge in [-0.2, -0.15) is 0 Å². The van der Waals surface area contributed by atoms with Gasteiger partial charge >= 0.3 is 0 Å². The van der Waals surface area contributed by atoms with Crippen molar-refractivity contribution in [2.24, 2.45) is 0 Å². The van der Waals surface area contributed by atoms with Crippen LogP contribution in [0.3, 0.4) is 0 Å². The van der Waals surface area contributed by atoms with Gasteiger partial charge in [0.1, 0.15) is 5.69 Å². The second kappa shape index (κ2) is 6.14. The highest BCUT2D eigenvalue weighted by molar-refractivity contribution is 6.32. The summed E-state index contributed by atoms with van der Waals surface area (Å²) in [4.78, 5) is 19.1. The third-order valence-corrected chi connectivity index (χ3v) is 3.62. The van der Waals surface area contributed by atoms with Crippen molar-refractivity contribution in [1.82, 2.24) is 9.97 Å². The number of nitrogens with one attached hydrogen (secondary N) is 1. The van der Waals surface area contributed by atoms with Gasteiger partial charge in [-0.1, -0.05) is 29.8 Å². The summed E-state index contributed by atoms with van der Waals surface area (Å²) in [5.74, 6) is 0.144. The van der Waals surface area contributed by atoms with Gasteiger partial charge < -0.3 is 14.8 Å². The van der Waals surface area contributed by atoms with Crippen LogP contribution in [0.1, 0.15) is 11.3 Å². The summed E-state index contributed by atoms with van der Waals surface area (Å²) in [5.41, 5.74) is 2.07. The first-order valence-electron chi connectivity index (χ1n) is 6.82. The van der Waals surface area contributed by atoms with Crippen molar-refractivity contribution in [3.63, 3.8) is 0 Å². The van der Waals surface area contributed by atoms with E-state index in [4.69, 9.17) is 16.3 Å². The van der Waals surface area contributed by atoms with Gasteiger partial charge in [0.05, 0.1) is 23.2 Å². The molecular weight excluding hydrogens is 316 g/mol. The molecule has 0 atom stereocenters. The zero-order valence-electron chi connectivity index (χ0n) is 12.2. The Hall–Kier alpha value is -2.79. The van der Waals surface area contributed by atoms with Crippen LogP contribution in [0.5, 0.6) is 11.5 Å². The number of halogens is 1. The number of benzene rings is 2. The molecule has 0 saturated heterocycles. The molecule has 23 heavy (non-hydrogen) atoms. The van der Waals surface area contributed by atoms with Crippen LogP contribution in [0.4, 0.5) is 0 Å². The molecule has 0 unspecified atom stereocenters. The fraction of sp³-hybridized carbons (Fsp3) is 0.0588. The van der Waals surface area contributed by atoms with E-state index >= 15 is 0 Å². The maximum absolute atomic E-state index is 12.0. The molecule has 0 aliphatic rings. The zero-order valence-corrected chi connectivity index (χ0v) is 13.0. The van der Waals surface area contributed by atoms with Crippen LogP contribution in [0.2, 0.25) is 5.02 Å². The number of hydrogen-bond donors (Lipinski definition) is 2. The van der Waals surface area contributed by atoms with E-state index in [1.54, 1.807) is 30.4 Å². The summed E-state index contributed by atoms with van der Waals surface area (Å²) in [7, 11) is 1.44. The van der Waals surface area contributed by atoms with Gasteiger partial charge in [0.15, 0.2) is 11.5 Å².